The van der Waals surface area contributed by atoms with Crippen LogP contribution in [0.1, 0.15) is 46.5 Å². The van der Waals surface area contributed by atoms with E-state index in [0.717, 1.165) is 25.7 Å². The van der Waals surface area contributed by atoms with Gasteiger partial charge < -0.3 is 5.32 Å². The van der Waals surface area contributed by atoms with Gasteiger partial charge in [-0.3, -0.25) is 0 Å². The zero-order valence-electron chi connectivity index (χ0n) is 13.3. The molecule has 0 bridgehead atoms. The van der Waals surface area contributed by atoms with Crippen molar-refractivity contribution < 1.29 is 8.42 Å². The number of rotatable bonds is 10. The van der Waals surface area contributed by atoms with Crippen LogP contribution < -0.4 is 5.32 Å². The lowest BCUT2D eigenvalue weighted by Gasteiger charge is -2.23. The molecule has 1 aromatic rings. The molecule has 6 heteroatoms. The molecule has 0 radical (unpaired) electrons. The van der Waals surface area contributed by atoms with Gasteiger partial charge in [-0.2, -0.15) is 4.31 Å². The van der Waals surface area contributed by atoms with Gasteiger partial charge >= 0.3 is 0 Å². The van der Waals surface area contributed by atoms with Crippen LogP contribution in [0.5, 0.6) is 0 Å². The van der Waals surface area contributed by atoms with Crippen LogP contribution in [-0.2, 0) is 10.0 Å². The van der Waals surface area contributed by atoms with Crippen LogP contribution in [-0.4, -0.2) is 37.3 Å². The number of hydrogen-bond donors (Lipinski definition) is 1. The van der Waals surface area contributed by atoms with E-state index in [1.807, 2.05) is 6.92 Å². The van der Waals surface area contributed by atoms with E-state index >= 15 is 0 Å². The van der Waals surface area contributed by atoms with Crippen LogP contribution in [0.4, 0.5) is 5.82 Å². The number of nitrogens with zero attached hydrogens (tertiary/aromatic N) is 2. The minimum absolute atomic E-state index is 0.277. The molecule has 21 heavy (non-hydrogen) atoms. The van der Waals surface area contributed by atoms with Gasteiger partial charge in [-0.25, -0.2) is 13.4 Å². The lowest BCUT2D eigenvalue weighted by Crippen LogP contribution is -2.33. The molecular formula is C15H27N3O2S. The topological polar surface area (TPSA) is 62.3 Å². The third-order valence-corrected chi connectivity index (χ3v) is 5.19. The number of nitrogens with one attached hydrogen (secondary N) is 1. The van der Waals surface area contributed by atoms with E-state index in [1.54, 1.807) is 22.6 Å². The zero-order chi connectivity index (χ0) is 15.7. The molecule has 1 N–H and O–H groups in total. The normalized spacial score (nSPS) is 11.8. The van der Waals surface area contributed by atoms with Crippen molar-refractivity contribution in [3.05, 3.63) is 18.3 Å². The van der Waals surface area contributed by atoms with Gasteiger partial charge in [-0.05, 0) is 31.9 Å². The maximum absolute atomic E-state index is 12.9. The molecule has 0 aliphatic heterocycles. The molecule has 1 heterocycles. The van der Waals surface area contributed by atoms with Gasteiger partial charge in [0, 0.05) is 25.8 Å². The van der Waals surface area contributed by atoms with Crippen LogP contribution in [0.15, 0.2) is 23.2 Å². The van der Waals surface area contributed by atoms with E-state index in [1.165, 1.54) is 0 Å². The van der Waals surface area contributed by atoms with Gasteiger partial charge in [-0.15, -0.1) is 0 Å². The Kier molecular flexibility index (Phi) is 7.67. The number of unbranched alkanes of at least 4 members (excludes halogenated alkanes) is 2. The molecule has 0 aromatic carbocycles. The van der Waals surface area contributed by atoms with E-state index in [9.17, 15) is 8.42 Å². The van der Waals surface area contributed by atoms with E-state index in [0.29, 0.717) is 25.5 Å². The van der Waals surface area contributed by atoms with Crippen LogP contribution in [0, 0.1) is 0 Å². The van der Waals surface area contributed by atoms with Gasteiger partial charge in [0.25, 0.3) is 0 Å². The average molecular weight is 313 g/mol. The summed E-state index contributed by atoms with van der Waals surface area (Å²) in [5.74, 6) is 0.443. The number of sulfonamides is 1. The van der Waals surface area contributed by atoms with Gasteiger partial charge in [-0.1, -0.05) is 26.7 Å². The molecule has 120 valence electrons. The van der Waals surface area contributed by atoms with Crippen molar-refractivity contribution in [3.8, 4) is 0 Å². The number of hydrogen-bond acceptors (Lipinski definition) is 4. The molecule has 5 nitrogen and oxygen atoms in total. The van der Waals surface area contributed by atoms with E-state index in [-0.39, 0.29) is 4.90 Å². The second kappa shape index (κ2) is 9.00. The van der Waals surface area contributed by atoms with Crippen LogP contribution >= 0.6 is 0 Å². The zero-order valence-corrected chi connectivity index (χ0v) is 14.1. The number of aromatic nitrogens is 1. The first-order valence-corrected chi connectivity index (χ1v) is 9.20. The Morgan fingerprint density at radius 1 is 1.14 bits per heavy atom. The second-order valence-corrected chi connectivity index (χ2v) is 6.90. The summed E-state index contributed by atoms with van der Waals surface area (Å²) in [7, 11) is -3.49. The van der Waals surface area contributed by atoms with Crippen LogP contribution in [0.3, 0.4) is 0 Å². The fourth-order valence-electron chi connectivity index (χ4n) is 2.06. The quantitative estimate of drug-likeness (QED) is 0.721. The van der Waals surface area contributed by atoms with E-state index < -0.39 is 10.0 Å². The molecule has 0 unspecified atom stereocenters. The molecule has 0 saturated heterocycles. The third-order valence-electron chi connectivity index (χ3n) is 3.25. The highest BCUT2D eigenvalue weighted by Gasteiger charge is 2.26. The number of pyridine rings is 1. The minimum Gasteiger partial charge on any atom is -0.369 e. The first kappa shape index (κ1) is 17.9. The van der Waals surface area contributed by atoms with E-state index in [2.05, 4.69) is 24.1 Å². The highest BCUT2D eigenvalue weighted by molar-refractivity contribution is 7.89. The summed E-state index contributed by atoms with van der Waals surface area (Å²) in [5.41, 5.74) is 0. The molecule has 1 rings (SSSR count). The molecule has 0 aliphatic rings. The largest absolute Gasteiger partial charge is 0.369 e. The van der Waals surface area contributed by atoms with Crippen LogP contribution in [0.2, 0.25) is 0 Å². The summed E-state index contributed by atoms with van der Waals surface area (Å²) < 4.78 is 27.4. The predicted octanol–water partition coefficient (Wildman–Crippen LogP) is 3.10. The molecule has 0 saturated carbocycles. The Bertz CT molecular complexity index is 509. The standard InChI is InChI=1S/C15H27N3O2S/c1-4-7-12-18(13-8-5-2)21(19,20)14-10-9-11-17-15(14)16-6-3/h9-11H,4-8,12-13H2,1-3H3,(H,16,17). The molecule has 0 atom stereocenters. The van der Waals surface area contributed by atoms with Gasteiger partial charge in [0.15, 0.2) is 0 Å². The summed E-state index contributed by atoms with van der Waals surface area (Å²) in [6, 6.07) is 3.30. The summed E-state index contributed by atoms with van der Waals surface area (Å²) in [6.07, 6.45) is 5.31. The second-order valence-electron chi connectivity index (χ2n) is 4.99. The van der Waals surface area contributed by atoms with Gasteiger partial charge in [0.05, 0.1) is 0 Å². The van der Waals surface area contributed by atoms with Crippen molar-refractivity contribution in [1.82, 2.24) is 9.29 Å². The smallest absolute Gasteiger partial charge is 0.246 e. The highest BCUT2D eigenvalue weighted by Crippen LogP contribution is 2.23. The Morgan fingerprint density at radius 3 is 2.29 bits per heavy atom. The molecule has 0 aliphatic carbocycles. The Morgan fingerprint density at radius 2 is 1.76 bits per heavy atom. The third kappa shape index (κ3) is 4.97. The molecule has 1 aromatic heterocycles. The number of anilines is 1. The lowest BCUT2D eigenvalue weighted by molar-refractivity contribution is 0.395. The minimum atomic E-state index is -3.49. The van der Waals surface area contributed by atoms with Gasteiger partial charge in [0.1, 0.15) is 10.7 Å². The predicted molar refractivity (Wildman–Crippen MR) is 87.0 cm³/mol. The summed E-state index contributed by atoms with van der Waals surface area (Å²) in [6.45, 7) is 7.84. The van der Waals surface area contributed by atoms with Crippen molar-refractivity contribution in [1.29, 1.82) is 0 Å². The molecule has 0 amide bonds. The Hall–Kier alpha value is -1.14. The molecular weight excluding hydrogens is 286 g/mol. The first-order chi connectivity index (χ1) is 10.1. The Labute approximate surface area is 128 Å². The van der Waals surface area contributed by atoms with Crippen LogP contribution in [0.25, 0.3) is 0 Å². The Balaban J connectivity index is 3.09. The average Bonchev–Trinajstić information content (AvgIpc) is 2.48. The summed E-state index contributed by atoms with van der Waals surface area (Å²) in [4.78, 5) is 4.44. The monoisotopic (exact) mass is 313 g/mol. The molecule has 0 fully saturated rings. The fraction of sp³-hybridized carbons (Fsp3) is 0.667. The lowest BCUT2D eigenvalue weighted by atomic mass is 10.3. The maximum Gasteiger partial charge on any atom is 0.246 e. The van der Waals surface area contributed by atoms with Crippen molar-refractivity contribution in [2.45, 2.75) is 51.3 Å². The fourth-order valence-corrected chi connectivity index (χ4v) is 3.70. The molecule has 0 spiro atoms. The maximum atomic E-state index is 12.9. The highest BCUT2D eigenvalue weighted by atomic mass is 32.2. The van der Waals surface area contributed by atoms with E-state index in [4.69, 9.17) is 0 Å². The summed E-state index contributed by atoms with van der Waals surface area (Å²) >= 11 is 0. The first-order valence-electron chi connectivity index (χ1n) is 7.76. The van der Waals surface area contributed by atoms with Gasteiger partial charge in [0.2, 0.25) is 10.0 Å². The van der Waals surface area contributed by atoms with Crippen molar-refractivity contribution in [3.63, 3.8) is 0 Å². The van der Waals surface area contributed by atoms with Crippen molar-refractivity contribution in [2.24, 2.45) is 0 Å². The SMILES string of the molecule is CCCCN(CCCC)S(=O)(=O)c1cccnc1NCC. The summed E-state index contributed by atoms with van der Waals surface area (Å²) in [5, 5.41) is 3.03. The van der Waals surface area contributed by atoms with Crippen molar-refractivity contribution >= 4 is 15.8 Å². The van der Waals surface area contributed by atoms with Crippen molar-refractivity contribution in [2.75, 3.05) is 25.0 Å².